The number of halogens is 1. The van der Waals surface area contributed by atoms with Crippen molar-refractivity contribution in [3.63, 3.8) is 0 Å². The van der Waals surface area contributed by atoms with Gasteiger partial charge in [0.15, 0.2) is 0 Å². The molecule has 0 radical (unpaired) electrons. The zero-order valence-corrected chi connectivity index (χ0v) is 24.1. The van der Waals surface area contributed by atoms with Crippen LogP contribution in [0, 0.1) is 12.8 Å². The summed E-state index contributed by atoms with van der Waals surface area (Å²) in [7, 11) is 0. The van der Waals surface area contributed by atoms with Crippen molar-refractivity contribution in [2.45, 2.75) is 72.6 Å². The Morgan fingerprint density at radius 1 is 1.08 bits per heavy atom. The van der Waals surface area contributed by atoms with Crippen LogP contribution in [-0.2, 0) is 20.7 Å². The highest BCUT2D eigenvalue weighted by atomic mass is 35.5. The van der Waals surface area contributed by atoms with Gasteiger partial charge in [-0.1, -0.05) is 68.8 Å². The molecule has 0 spiro atoms. The fourth-order valence-electron chi connectivity index (χ4n) is 3.99. The Balaban J connectivity index is 2.53. The molecule has 0 bridgehead atoms. The van der Waals surface area contributed by atoms with Gasteiger partial charge in [-0.05, 0) is 62.8 Å². The molecule has 3 amide bonds. The number of rotatable bonds is 10. The number of anilines is 1. The van der Waals surface area contributed by atoms with Crippen molar-refractivity contribution in [1.29, 1.82) is 0 Å². The van der Waals surface area contributed by atoms with E-state index in [1.165, 1.54) is 4.90 Å². The first kappa shape index (κ1) is 31.1. The molecule has 0 heterocycles. The molecule has 0 aliphatic rings. The number of nitrogens with one attached hydrogen (secondary N) is 2. The zero-order valence-electron chi connectivity index (χ0n) is 23.3. The van der Waals surface area contributed by atoms with E-state index in [0.29, 0.717) is 16.3 Å². The van der Waals surface area contributed by atoms with E-state index in [1.54, 1.807) is 58.9 Å². The van der Waals surface area contributed by atoms with E-state index in [9.17, 15) is 19.5 Å². The van der Waals surface area contributed by atoms with Gasteiger partial charge in [-0.15, -0.1) is 0 Å². The molecular weight excluding hydrogens is 506 g/mol. The number of aliphatic hydroxyl groups is 1. The number of amides is 3. The molecule has 0 aromatic heterocycles. The number of alkyl carbamates (subject to hydrolysis) is 1. The second kappa shape index (κ2) is 13.6. The lowest BCUT2D eigenvalue weighted by Crippen LogP contribution is -2.55. The Morgan fingerprint density at radius 2 is 1.71 bits per heavy atom. The van der Waals surface area contributed by atoms with Crippen molar-refractivity contribution >= 4 is 35.2 Å². The minimum Gasteiger partial charge on any atom is -0.444 e. The van der Waals surface area contributed by atoms with Crippen molar-refractivity contribution in [3.05, 3.63) is 64.2 Å². The first-order valence-corrected chi connectivity index (χ1v) is 13.2. The predicted molar refractivity (Wildman–Crippen MR) is 150 cm³/mol. The average Bonchev–Trinajstić information content (AvgIpc) is 2.83. The van der Waals surface area contributed by atoms with Gasteiger partial charge in [0.1, 0.15) is 17.7 Å². The first-order chi connectivity index (χ1) is 17.8. The Kier molecular flexibility index (Phi) is 11.2. The lowest BCUT2D eigenvalue weighted by atomic mass is 9.97. The van der Waals surface area contributed by atoms with Crippen LogP contribution in [0.4, 0.5) is 10.5 Å². The Morgan fingerprint density at radius 3 is 2.21 bits per heavy atom. The monoisotopic (exact) mass is 545 g/mol. The van der Waals surface area contributed by atoms with E-state index in [-0.39, 0.29) is 19.1 Å². The number of carbonyl (C=O) groups excluding carboxylic acids is 3. The van der Waals surface area contributed by atoms with Crippen molar-refractivity contribution in [1.82, 2.24) is 10.2 Å². The van der Waals surface area contributed by atoms with E-state index < -0.39 is 35.6 Å². The molecule has 2 unspecified atom stereocenters. The van der Waals surface area contributed by atoms with Crippen LogP contribution in [-0.4, -0.2) is 52.7 Å². The van der Waals surface area contributed by atoms with Crippen LogP contribution in [0.1, 0.15) is 64.3 Å². The molecule has 3 N–H and O–H groups in total. The Bertz CT molecular complexity index is 1090. The van der Waals surface area contributed by atoms with Crippen LogP contribution in [0.5, 0.6) is 0 Å². The minimum absolute atomic E-state index is 0.132. The highest BCUT2D eigenvalue weighted by Crippen LogP contribution is 2.30. The highest BCUT2D eigenvalue weighted by molar-refractivity contribution is 6.34. The van der Waals surface area contributed by atoms with E-state index in [2.05, 4.69) is 10.6 Å². The van der Waals surface area contributed by atoms with Gasteiger partial charge >= 0.3 is 6.09 Å². The van der Waals surface area contributed by atoms with Crippen molar-refractivity contribution in [2.75, 3.05) is 18.5 Å². The molecule has 2 atom stereocenters. The lowest BCUT2D eigenvalue weighted by Gasteiger charge is -2.35. The first-order valence-electron chi connectivity index (χ1n) is 12.8. The molecule has 9 heteroatoms. The lowest BCUT2D eigenvalue weighted by molar-refractivity contribution is -0.142. The van der Waals surface area contributed by atoms with Crippen LogP contribution < -0.4 is 10.6 Å². The van der Waals surface area contributed by atoms with Gasteiger partial charge in [-0.25, -0.2) is 4.79 Å². The summed E-state index contributed by atoms with van der Waals surface area (Å²) in [5.74, 6) is -1.34. The van der Waals surface area contributed by atoms with Crippen LogP contribution >= 0.6 is 11.6 Å². The van der Waals surface area contributed by atoms with Gasteiger partial charge < -0.3 is 25.4 Å². The quantitative estimate of drug-likeness (QED) is 0.377. The highest BCUT2D eigenvalue weighted by Gasteiger charge is 2.37. The largest absolute Gasteiger partial charge is 0.444 e. The van der Waals surface area contributed by atoms with Gasteiger partial charge in [0, 0.05) is 6.54 Å². The number of ether oxygens (including phenoxy) is 1. The molecule has 0 aliphatic carbocycles. The molecule has 8 nitrogen and oxygen atoms in total. The summed E-state index contributed by atoms with van der Waals surface area (Å²) in [6.45, 7) is 12.1. The van der Waals surface area contributed by atoms with Gasteiger partial charge in [-0.3, -0.25) is 9.59 Å². The fourth-order valence-corrected chi connectivity index (χ4v) is 4.26. The maximum absolute atomic E-state index is 13.9. The molecule has 2 aromatic carbocycles. The minimum atomic E-state index is -1.10. The van der Waals surface area contributed by atoms with E-state index in [0.717, 1.165) is 17.5 Å². The van der Waals surface area contributed by atoms with Crippen LogP contribution in [0.25, 0.3) is 0 Å². The molecule has 0 saturated heterocycles. The normalized spacial score (nSPS) is 13.0. The number of aliphatic hydroxyl groups excluding tert-OH is 1. The number of aryl methyl sites for hydroxylation is 2. The summed E-state index contributed by atoms with van der Waals surface area (Å²) >= 11 is 6.37. The molecule has 0 saturated carbocycles. The molecule has 0 fully saturated rings. The van der Waals surface area contributed by atoms with Crippen LogP contribution in [0.15, 0.2) is 42.5 Å². The zero-order chi connectivity index (χ0) is 28.6. The Labute approximate surface area is 230 Å². The maximum atomic E-state index is 13.9. The number of para-hydroxylation sites is 1. The standard InChI is InChI=1S/C29H40ClN3O5/c1-8-20-12-14-21(15-13-20)25(26(35)31-24-19(4)10-9-11-22(24)30)33(16-17-34)27(36)23(18(2)3)32-28(37)38-29(5,6)7/h9-15,18,23,25,34H,8,16-17H2,1-7H3,(H,31,35)(H,32,37). The van der Waals surface area contributed by atoms with Crippen LogP contribution in [0.3, 0.4) is 0 Å². The SMILES string of the molecule is CCc1ccc(C(C(=O)Nc2c(C)cccc2Cl)N(CCO)C(=O)C(NC(=O)OC(C)(C)C)C(C)C)cc1. The fraction of sp³-hybridized carbons (Fsp3) is 0.483. The van der Waals surface area contributed by atoms with Gasteiger partial charge in [-0.2, -0.15) is 0 Å². The summed E-state index contributed by atoms with van der Waals surface area (Å²) in [6, 6.07) is 10.6. The number of benzene rings is 2. The van der Waals surface area contributed by atoms with Gasteiger partial charge in [0.25, 0.3) is 5.91 Å². The maximum Gasteiger partial charge on any atom is 0.408 e. The predicted octanol–water partition coefficient (Wildman–Crippen LogP) is 5.26. The number of hydrogen-bond acceptors (Lipinski definition) is 5. The van der Waals surface area contributed by atoms with Gasteiger partial charge in [0.2, 0.25) is 5.91 Å². The molecule has 2 rings (SSSR count). The second-order valence-electron chi connectivity index (χ2n) is 10.5. The summed E-state index contributed by atoms with van der Waals surface area (Å²) in [6.07, 6.45) is 0.0679. The molecular formula is C29H40ClN3O5. The van der Waals surface area contributed by atoms with Crippen molar-refractivity contribution in [2.24, 2.45) is 5.92 Å². The smallest absolute Gasteiger partial charge is 0.408 e. The molecule has 0 aliphatic heterocycles. The summed E-state index contributed by atoms with van der Waals surface area (Å²) in [4.78, 5) is 41.6. The van der Waals surface area contributed by atoms with Gasteiger partial charge in [0.05, 0.1) is 17.3 Å². The summed E-state index contributed by atoms with van der Waals surface area (Å²) in [5, 5.41) is 15.8. The third-order valence-corrected chi connectivity index (χ3v) is 6.28. The second-order valence-corrected chi connectivity index (χ2v) is 10.9. The van der Waals surface area contributed by atoms with Crippen molar-refractivity contribution in [3.8, 4) is 0 Å². The van der Waals surface area contributed by atoms with E-state index in [4.69, 9.17) is 16.3 Å². The van der Waals surface area contributed by atoms with Crippen molar-refractivity contribution < 1.29 is 24.2 Å². The van der Waals surface area contributed by atoms with E-state index in [1.807, 2.05) is 32.0 Å². The van der Waals surface area contributed by atoms with Crippen LogP contribution in [0.2, 0.25) is 5.02 Å². The topological polar surface area (TPSA) is 108 Å². The number of carbonyl (C=O) groups is 3. The summed E-state index contributed by atoms with van der Waals surface area (Å²) in [5.41, 5.74) is 2.08. The average molecular weight is 546 g/mol. The Hall–Kier alpha value is -3.10. The number of nitrogens with zero attached hydrogens (tertiary/aromatic N) is 1. The third kappa shape index (κ3) is 8.46. The number of hydrogen-bond donors (Lipinski definition) is 3. The third-order valence-electron chi connectivity index (χ3n) is 5.96. The summed E-state index contributed by atoms with van der Waals surface area (Å²) < 4.78 is 5.37. The van der Waals surface area contributed by atoms with E-state index >= 15 is 0 Å². The molecule has 208 valence electrons. The molecule has 38 heavy (non-hydrogen) atoms. The molecule has 2 aromatic rings.